The monoisotopic (exact) mass is 300 g/mol. The quantitative estimate of drug-likeness (QED) is 0.643. The van der Waals surface area contributed by atoms with Crippen molar-refractivity contribution < 1.29 is 13.2 Å². The van der Waals surface area contributed by atoms with Gasteiger partial charge in [-0.25, -0.2) is 13.1 Å². The Morgan fingerprint density at radius 3 is 2.40 bits per heavy atom. The zero-order valence-electron chi connectivity index (χ0n) is 12.2. The average molecular weight is 300 g/mol. The van der Waals surface area contributed by atoms with Gasteiger partial charge in [-0.15, -0.1) is 0 Å². The molecule has 20 heavy (non-hydrogen) atoms. The van der Waals surface area contributed by atoms with E-state index >= 15 is 0 Å². The highest BCUT2D eigenvalue weighted by Crippen LogP contribution is 2.10. The molecule has 0 radical (unpaired) electrons. The highest BCUT2D eigenvalue weighted by Gasteiger charge is 2.12. The zero-order chi connectivity index (χ0) is 14.8. The normalized spacial score (nSPS) is 11.7. The maximum absolute atomic E-state index is 12.0. The summed E-state index contributed by atoms with van der Waals surface area (Å²) in [6.45, 7) is 1.91. The van der Waals surface area contributed by atoms with Gasteiger partial charge in [-0.05, 0) is 44.0 Å². The molecule has 6 heteroatoms. The van der Waals surface area contributed by atoms with Crippen molar-refractivity contribution in [3.05, 3.63) is 29.8 Å². The highest BCUT2D eigenvalue weighted by atomic mass is 32.2. The van der Waals surface area contributed by atoms with Crippen LogP contribution in [-0.4, -0.2) is 35.7 Å². The molecule has 0 saturated heterocycles. The molecular formula is C14H24N2O3S. The van der Waals surface area contributed by atoms with E-state index < -0.39 is 10.0 Å². The van der Waals surface area contributed by atoms with E-state index in [2.05, 4.69) is 10.0 Å². The minimum absolute atomic E-state index is 0.314. The molecule has 0 amide bonds. The number of benzene rings is 1. The predicted molar refractivity (Wildman–Crippen MR) is 80.1 cm³/mol. The van der Waals surface area contributed by atoms with E-state index in [9.17, 15) is 8.42 Å². The van der Waals surface area contributed by atoms with Crippen LogP contribution in [0.15, 0.2) is 29.2 Å². The van der Waals surface area contributed by atoms with Crippen LogP contribution < -0.4 is 10.0 Å². The molecule has 1 aromatic rings. The average Bonchev–Trinajstić information content (AvgIpc) is 2.44. The van der Waals surface area contributed by atoms with Crippen molar-refractivity contribution >= 4 is 10.0 Å². The number of ether oxygens (including phenoxy) is 1. The van der Waals surface area contributed by atoms with Gasteiger partial charge in [-0.1, -0.05) is 12.1 Å². The third-order valence-electron chi connectivity index (χ3n) is 2.93. The van der Waals surface area contributed by atoms with Crippen LogP contribution in [0.1, 0.15) is 24.8 Å². The van der Waals surface area contributed by atoms with Gasteiger partial charge in [0.15, 0.2) is 0 Å². The minimum Gasteiger partial charge on any atom is -0.385 e. The van der Waals surface area contributed by atoms with Gasteiger partial charge in [-0.3, -0.25) is 0 Å². The Labute approximate surface area is 121 Å². The Kier molecular flexibility index (Phi) is 7.76. The molecule has 5 nitrogen and oxygen atoms in total. The fraction of sp³-hybridized carbons (Fsp3) is 0.571. The van der Waals surface area contributed by atoms with Gasteiger partial charge in [-0.2, -0.15) is 0 Å². The molecule has 0 aliphatic carbocycles. The van der Waals surface area contributed by atoms with Crippen LogP contribution in [0.2, 0.25) is 0 Å². The second kappa shape index (κ2) is 9.07. The highest BCUT2D eigenvalue weighted by molar-refractivity contribution is 7.89. The summed E-state index contributed by atoms with van der Waals surface area (Å²) in [6.07, 6.45) is 2.73. The topological polar surface area (TPSA) is 67.4 Å². The molecule has 0 spiro atoms. The summed E-state index contributed by atoms with van der Waals surface area (Å²) in [5.74, 6) is 0. The summed E-state index contributed by atoms with van der Waals surface area (Å²) in [7, 11) is 0.138. The lowest BCUT2D eigenvalue weighted by Gasteiger charge is -2.07. The number of rotatable bonds is 10. The SMILES string of the molecule is CNCc1ccc(S(=O)(=O)NCCCCCOC)cc1. The first-order chi connectivity index (χ1) is 9.60. The van der Waals surface area contributed by atoms with Gasteiger partial charge in [0, 0.05) is 26.8 Å². The smallest absolute Gasteiger partial charge is 0.240 e. The standard InChI is InChI=1S/C14H24N2O3S/c1-15-12-13-6-8-14(9-7-13)20(17,18)16-10-4-3-5-11-19-2/h6-9,15-16H,3-5,10-12H2,1-2H3. The molecule has 0 aliphatic heterocycles. The van der Waals surface area contributed by atoms with Crippen LogP contribution in [0.5, 0.6) is 0 Å². The van der Waals surface area contributed by atoms with Crippen molar-refractivity contribution in [3.8, 4) is 0 Å². The van der Waals surface area contributed by atoms with Crippen LogP contribution in [0.25, 0.3) is 0 Å². The summed E-state index contributed by atoms with van der Waals surface area (Å²) < 4.78 is 31.6. The maximum atomic E-state index is 12.0. The van der Waals surface area contributed by atoms with Gasteiger partial charge in [0.25, 0.3) is 0 Å². The lowest BCUT2D eigenvalue weighted by Crippen LogP contribution is -2.24. The Morgan fingerprint density at radius 1 is 1.10 bits per heavy atom. The fourth-order valence-corrected chi connectivity index (χ4v) is 2.90. The van der Waals surface area contributed by atoms with E-state index in [-0.39, 0.29) is 0 Å². The van der Waals surface area contributed by atoms with E-state index in [4.69, 9.17) is 4.74 Å². The molecule has 2 N–H and O–H groups in total. The van der Waals surface area contributed by atoms with Crippen molar-refractivity contribution in [1.29, 1.82) is 0 Å². The number of sulfonamides is 1. The van der Waals surface area contributed by atoms with Gasteiger partial charge >= 0.3 is 0 Å². The van der Waals surface area contributed by atoms with E-state index in [0.29, 0.717) is 11.4 Å². The minimum atomic E-state index is -3.39. The number of methoxy groups -OCH3 is 1. The number of nitrogens with one attached hydrogen (secondary N) is 2. The first-order valence-corrected chi connectivity index (χ1v) is 8.30. The molecule has 0 bridgehead atoms. The Bertz CT molecular complexity index is 472. The van der Waals surface area contributed by atoms with Gasteiger partial charge in [0.2, 0.25) is 10.0 Å². The zero-order valence-corrected chi connectivity index (χ0v) is 13.0. The molecular weight excluding hydrogens is 276 g/mol. The Hall–Kier alpha value is -0.950. The van der Waals surface area contributed by atoms with Gasteiger partial charge < -0.3 is 10.1 Å². The Balaban J connectivity index is 2.43. The van der Waals surface area contributed by atoms with E-state index in [1.54, 1.807) is 19.2 Å². The van der Waals surface area contributed by atoms with Crippen LogP contribution in [-0.2, 0) is 21.3 Å². The number of unbranched alkanes of at least 4 members (excludes halogenated alkanes) is 2. The van der Waals surface area contributed by atoms with E-state index in [1.165, 1.54) is 0 Å². The molecule has 0 aliphatic rings. The number of hydrogen-bond donors (Lipinski definition) is 2. The summed E-state index contributed by atoms with van der Waals surface area (Å²) >= 11 is 0. The molecule has 0 unspecified atom stereocenters. The van der Waals surface area contributed by atoms with E-state index in [1.807, 2.05) is 19.2 Å². The molecule has 114 valence electrons. The van der Waals surface area contributed by atoms with Gasteiger partial charge in [0.1, 0.15) is 0 Å². The van der Waals surface area contributed by atoms with Crippen molar-refractivity contribution in [1.82, 2.24) is 10.0 Å². The first-order valence-electron chi connectivity index (χ1n) is 6.82. The second-order valence-electron chi connectivity index (χ2n) is 4.63. The van der Waals surface area contributed by atoms with Gasteiger partial charge in [0.05, 0.1) is 4.90 Å². The first kappa shape index (κ1) is 17.1. The summed E-state index contributed by atoms with van der Waals surface area (Å²) in [5.41, 5.74) is 1.06. The van der Waals surface area contributed by atoms with Crippen LogP contribution in [0.4, 0.5) is 0 Å². The van der Waals surface area contributed by atoms with Crippen molar-refractivity contribution in [2.75, 3.05) is 27.3 Å². The molecule has 1 aromatic carbocycles. The lowest BCUT2D eigenvalue weighted by molar-refractivity contribution is 0.192. The summed E-state index contributed by atoms with van der Waals surface area (Å²) in [5, 5.41) is 3.03. The third-order valence-corrected chi connectivity index (χ3v) is 4.41. The molecule has 0 heterocycles. The molecule has 0 saturated carbocycles. The predicted octanol–water partition coefficient (Wildman–Crippen LogP) is 1.50. The largest absolute Gasteiger partial charge is 0.385 e. The molecule has 1 rings (SSSR count). The summed E-state index contributed by atoms with van der Waals surface area (Å²) in [6, 6.07) is 6.92. The lowest BCUT2D eigenvalue weighted by atomic mass is 10.2. The summed E-state index contributed by atoms with van der Waals surface area (Å²) in [4.78, 5) is 0.314. The van der Waals surface area contributed by atoms with Crippen molar-refractivity contribution in [2.24, 2.45) is 0 Å². The third kappa shape index (κ3) is 6.00. The van der Waals surface area contributed by atoms with E-state index in [0.717, 1.165) is 38.0 Å². The van der Waals surface area contributed by atoms with Crippen LogP contribution >= 0.6 is 0 Å². The molecule has 0 fully saturated rings. The van der Waals surface area contributed by atoms with Crippen molar-refractivity contribution in [3.63, 3.8) is 0 Å². The van der Waals surface area contributed by atoms with Crippen molar-refractivity contribution in [2.45, 2.75) is 30.7 Å². The Morgan fingerprint density at radius 2 is 1.80 bits per heavy atom. The number of hydrogen-bond acceptors (Lipinski definition) is 4. The van der Waals surface area contributed by atoms with Crippen LogP contribution in [0.3, 0.4) is 0 Å². The molecule has 0 atom stereocenters. The molecule has 0 aromatic heterocycles. The van der Waals surface area contributed by atoms with Crippen LogP contribution in [0, 0.1) is 0 Å². The fourth-order valence-electron chi connectivity index (χ4n) is 1.83. The maximum Gasteiger partial charge on any atom is 0.240 e. The second-order valence-corrected chi connectivity index (χ2v) is 6.39.